The second-order valence-corrected chi connectivity index (χ2v) is 5.01. The van der Waals surface area contributed by atoms with Crippen molar-refractivity contribution in [2.75, 3.05) is 17.2 Å². The summed E-state index contributed by atoms with van der Waals surface area (Å²) in [6.45, 7) is 4.02. The second-order valence-electron chi connectivity index (χ2n) is 5.01. The van der Waals surface area contributed by atoms with Crippen molar-refractivity contribution < 1.29 is 9.72 Å². The summed E-state index contributed by atoms with van der Waals surface area (Å²) in [6, 6.07) is 11.7. The van der Waals surface area contributed by atoms with Gasteiger partial charge >= 0.3 is 0 Å². The summed E-state index contributed by atoms with van der Waals surface area (Å²) in [7, 11) is 0. The van der Waals surface area contributed by atoms with E-state index in [0.717, 1.165) is 16.8 Å². The van der Waals surface area contributed by atoms with Crippen LogP contribution in [0.4, 0.5) is 17.1 Å². The lowest BCUT2D eigenvalue weighted by Crippen LogP contribution is -2.21. The maximum atomic E-state index is 11.9. The number of rotatable bonds is 5. The van der Waals surface area contributed by atoms with Gasteiger partial charge in [-0.25, -0.2) is 0 Å². The molecule has 0 unspecified atom stereocenters. The van der Waals surface area contributed by atoms with Gasteiger partial charge < -0.3 is 10.6 Å². The average molecular weight is 299 g/mol. The molecule has 2 rings (SSSR count). The van der Waals surface area contributed by atoms with Gasteiger partial charge in [0.1, 0.15) is 0 Å². The zero-order chi connectivity index (χ0) is 16.1. The number of anilines is 2. The molecule has 0 aromatic heterocycles. The highest BCUT2D eigenvalue weighted by Crippen LogP contribution is 2.17. The molecule has 22 heavy (non-hydrogen) atoms. The predicted octanol–water partition coefficient (Wildman–Crippen LogP) is 3.26. The molecule has 0 radical (unpaired) electrons. The van der Waals surface area contributed by atoms with Gasteiger partial charge in [-0.15, -0.1) is 0 Å². The molecule has 0 bridgehead atoms. The highest BCUT2D eigenvalue weighted by Gasteiger charge is 2.07. The van der Waals surface area contributed by atoms with Crippen LogP contribution in [0.2, 0.25) is 0 Å². The summed E-state index contributed by atoms with van der Waals surface area (Å²) in [5.74, 6) is -0.213. The first-order chi connectivity index (χ1) is 10.5. The average Bonchev–Trinajstić information content (AvgIpc) is 2.49. The summed E-state index contributed by atoms with van der Waals surface area (Å²) < 4.78 is 0. The molecule has 6 nitrogen and oxygen atoms in total. The molecule has 2 aromatic carbocycles. The second kappa shape index (κ2) is 6.71. The number of amides is 1. The lowest BCUT2D eigenvalue weighted by Gasteiger charge is -2.09. The number of hydrogen-bond acceptors (Lipinski definition) is 4. The minimum atomic E-state index is -0.472. The lowest BCUT2D eigenvalue weighted by molar-refractivity contribution is -0.384. The monoisotopic (exact) mass is 299 g/mol. The van der Waals surface area contributed by atoms with Crippen molar-refractivity contribution in [2.24, 2.45) is 0 Å². The van der Waals surface area contributed by atoms with E-state index in [2.05, 4.69) is 10.6 Å². The van der Waals surface area contributed by atoms with E-state index < -0.39 is 4.92 Å². The number of benzene rings is 2. The van der Waals surface area contributed by atoms with Crippen LogP contribution in [-0.2, 0) is 4.79 Å². The molecule has 2 aromatic rings. The van der Waals surface area contributed by atoms with Gasteiger partial charge in [-0.2, -0.15) is 0 Å². The largest absolute Gasteiger partial charge is 0.376 e. The van der Waals surface area contributed by atoms with Crippen molar-refractivity contribution in [1.82, 2.24) is 0 Å². The number of nitrogens with zero attached hydrogens (tertiary/aromatic N) is 1. The number of carbonyl (C=O) groups is 1. The maximum absolute atomic E-state index is 11.9. The number of non-ortho nitro benzene ring substituents is 1. The van der Waals surface area contributed by atoms with Gasteiger partial charge in [-0.1, -0.05) is 12.1 Å². The van der Waals surface area contributed by atoms with E-state index in [1.54, 1.807) is 12.1 Å². The lowest BCUT2D eigenvalue weighted by atomic mass is 10.1. The molecule has 1 amide bonds. The Kier molecular flexibility index (Phi) is 4.73. The van der Waals surface area contributed by atoms with E-state index in [9.17, 15) is 14.9 Å². The van der Waals surface area contributed by atoms with Crippen molar-refractivity contribution >= 4 is 23.0 Å². The highest BCUT2D eigenvalue weighted by molar-refractivity contribution is 5.93. The van der Waals surface area contributed by atoms with E-state index in [1.165, 1.54) is 12.1 Å². The van der Waals surface area contributed by atoms with Gasteiger partial charge in [0, 0.05) is 23.5 Å². The third-order valence-electron chi connectivity index (χ3n) is 3.30. The van der Waals surface area contributed by atoms with Gasteiger partial charge in [0.15, 0.2) is 0 Å². The van der Waals surface area contributed by atoms with E-state index in [4.69, 9.17) is 0 Å². The predicted molar refractivity (Wildman–Crippen MR) is 86.1 cm³/mol. The summed E-state index contributed by atoms with van der Waals surface area (Å²) in [5, 5.41) is 16.3. The third kappa shape index (κ3) is 4.05. The van der Waals surface area contributed by atoms with Crippen LogP contribution in [0.15, 0.2) is 42.5 Å². The Balaban J connectivity index is 1.94. The van der Waals surface area contributed by atoms with Crippen LogP contribution in [0.5, 0.6) is 0 Å². The molecule has 114 valence electrons. The van der Waals surface area contributed by atoms with Gasteiger partial charge in [-0.3, -0.25) is 14.9 Å². The molecular formula is C16H17N3O3. The molecular weight excluding hydrogens is 282 g/mol. The summed E-state index contributed by atoms with van der Waals surface area (Å²) >= 11 is 0. The van der Waals surface area contributed by atoms with E-state index in [1.807, 2.05) is 32.0 Å². The summed E-state index contributed by atoms with van der Waals surface area (Å²) in [6.07, 6.45) is 0. The smallest absolute Gasteiger partial charge is 0.271 e. The molecule has 0 aliphatic heterocycles. The fraction of sp³-hybridized carbons (Fsp3) is 0.188. The van der Waals surface area contributed by atoms with Crippen molar-refractivity contribution in [1.29, 1.82) is 0 Å². The topological polar surface area (TPSA) is 84.3 Å². The third-order valence-corrected chi connectivity index (χ3v) is 3.30. The Hall–Kier alpha value is -2.89. The zero-order valence-corrected chi connectivity index (χ0v) is 12.4. The fourth-order valence-electron chi connectivity index (χ4n) is 1.94. The number of hydrogen-bond donors (Lipinski definition) is 2. The van der Waals surface area contributed by atoms with Crippen molar-refractivity contribution in [3.63, 3.8) is 0 Å². The highest BCUT2D eigenvalue weighted by atomic mass is 16.6. The van der Waals surface area contributed by atoms with Crippen LogP contribution >= 0.6 is 0 Å². The van der Waals surface area contributed by atoms with Crippen LogP contribution in [0.25, 0.3) is 0 Å². The summed E-state index contributed by atoms with van der Waals surface area (Å²) in [4.78, 5) is 22.1. The quantitative estimate of drug-likeness (QED) is 0.655. The van der Waals surface area contributed by atoms with Gasteiger partial charge in [-0.05, 0) is 43.2 Å². The number of carbonyl (C=O) groups excluding carboxylic acids is 1. The fourth-order valence-corrected chi connectivity index (χ4v) is 1.94. The minimum Gasteiger partial charge on any atom is -0.376 e. The SMILES string of the molecule is Cc1ccc(NC(=O)CNc2cccc([N+](=O)[O-])c2)cc1C. The number of nitro benzene ring substituents is 1. The number of nitro groups is 1. The zero-order valence-electron chi connectivity index (χ0n) is 12.4. The first kappa shape index (κ1) is 15.5. The van der Waals surface area contributed by atoms with Gasteiger partial charge in [0.05, 0.1) is 11.5 Å². The molecule has 6 heteroatoms. The molecule has 0 spiro atoms. The van der Waals surface area contributed by atoms with E-state index in [0.29, 0.717) is 5.69 Å². The molecule has 0 fully saturated rings. The van der Waals surface area contributed by atoms with E-state index in [-0.39, 0.29) is 18.1 Å². The Morgan fingerprint density at radius 1 is 1.09 bits per heavy atom. The molecule has 2 N–H and O–H groups in total. The van der Waals surface area contributed by atoms with Crippen LogP contribution in [0.3, 0.4) is 0 Å². The Labute approximate surface area is 128 Å². The van der Waals surface area contributed by atoms with Crippen molar-refractivity contribution in [3.05, 3.63) is 63.7 Å². The van der Waals surface area contributed by atoms with Crippen LogP contribution in [0, 0.1) is 24.0 Å². The Bertz CT molecular complexity index is 714. The Morgan fingerprint density at radius 3 is 2.55 bits per heavy atom. The van der Waals surface area contributed by atoms with Crippen LogP contribution < -0.4 is 10.6 Å². The first-order valence-corrected chi connectivity index (χ1v) is 6.81. The molecule has 0 aliphatic carbocycles. The normalized spacial score (nSPS) is 10.1. The van der Waals surface area contributed by atoms with Crippen molar-refractivity contribution in [2.45, 2.75) is 13.8 Å². The molecule has 0 atom stereocenters. The number of nitrogens with one attached hydrogen (secondary N) is 2. The van der Waals surface area contributed by atoms with Crippen molar-refractivity contribution in [3.8, 4) is 0 Å². The summed E-state index contributed by atoms with van der Waals surface area (Å²) in [5.41, 5.74) is 3.51. The molecule has 0 aliphatic rings. The minimum absolute atomic E-state index is 0.0143. The van der Waals surface area contributed by atoms with Crippen LogP contribution in [0.1, 0.15) is 11.1 Å². The van der Waals surface area contributed by atoms with Gasteiger partial charge in [0.2, 0.25) is 5.91 Å². The van der Waals surface area contributed by atoms with Gasteiger partial charge in [0.25, 0.3) is 5.69 Å². The number of aryl methyl sites for hydroxylation is 2. The molecule has 0 saturated carbocycles. The maximum Gasteiger partial charge on any atom is 0.271 e. The Morgan fingerprint density at radius 2 is 1.86 bits per heavy atom. The standard InChI is InChI=1S/C16H17N3O3/c1-11-6-7-14(8-12(11)2)18-16(20)10-17-13-4-3-5-15(9-13)19(21)22/h3-9,17H,10H2,1-2H3,(H,18,20). The molecule has 0 heterocycles. The molecule has 0 saturated heterocycles. The van der Waals surface area contributed by atoms with Crippen LogP contribution in [-0.4, -0.2) is 17.4 Å². The van der Waals surface area contributed by atoms with E-state index >= 15 is 0 Å². The first-order valence-electron chi connectivity index (χ1n) is 6.81.